The Balaban J connectivity index is 1.47. The number of carbonyl (C=O) groups excluding carboxylic acids is 1. The number of hydrogen-bond acceptors (Lipinski definition) is 5. The molecule has 0 aromatic heterocycles. The standard InChI is InChI=1S/C26H29ClO5S/c1-2-32-25(29)15-33(30,31)20-4-5-21(23(27)11-20)19-3-6-24(28)22(10-19)26-12-16-7-17(13-26)9-18(8-16)14-26/h3-6,10-11,16-18,28H,2,7-9,12-15H2,1H3. The zero-order chi connectivity index (χ0) is 23.4. The maximum Gasteiger partial charge on any atom is 0.321 e. The largest absolute Gasteiger partial charge is 0.508 e. The molecule has 0 atom stereocenters. The lowest BCUT2D eigenvalue weighted by Gasteiger charge is -2.57. The van der Waals surface area contributed by atoms with Gasteiger partial charge in [-0.3, -0.25) is 4.79 Å². The van der Waals surface area contributed by atoms with Crippen LogP contribution in [0, 0.1) is 17.8 Å². The molecule has 0 amide bonds. The topological polar surface area (TPSA) is 80.7 Å². The quantitative estimate of drug-likeness (QED) is 0.541. The second kappa shape index (κ2) is 8.31. The van der Waals surface area contributed by atoms with E-state index < -0.39 is 21.6 Å². The molecule has 4 aliphatic rings. The van der Waals surface area contributed by atoms with Crippen molar-refractivity contribution in [1.82, 2.24) is 0 Å². The molecule has 4 fully saturated rings. The number of phenolic OH excluding ortho intramolecular Hbond substituents is 1. The van der Waals surface area contributed by atoms with Crippen molar-refractivity contribution in [1.29, 1.82) is 0 Å². The summed E-state index contributed by atoms with van der Waals surface area (Å²) in [6.45, 7) is 1.76. The first-order valence-corrected chi connectivity index (χ1v) is 13.7. The van der Waals surface area contributed by atoms with Gasteiger partial charge in [0, 0.05) is 16.1 Å². The summed E-state index contributed by atoms with van der Waals surface area (Å²) in [6, 6.07) is 10.2. The molecule has 4 aliphatic carbocycles. The number of carbonyl (C=O) groups is 1. The van der Waals surface area contributed by atoms with E-state index in [0.29, 0.717) is 16.3 Å². The molecular formula is C26H29ClO5S. The lowest BCUT2D eigenvalue weighted by molar-refractivity contribution is -0.139. The van der Waals surface area contributed by atoms with Crippen molar-refractivity contribution >= 4 is 27.4 Å². The number of hydrogen-bond donors (Lipinski definition) is 1. The van der Waals surface area contributed by atoms with E-state index in [4.69, 9.17) is 16.3 Å². The Bertz CT molecular complexity index is 1170. The molecule has 7 heteroatoms. The summed E-state index contributed by atoms with van der Waals surface area (Å²) >= 11 is 6.54. The molecular weight excluding hydrogens is 460 g/mol. The Morgan fingerprint density at radius 3 is 2.27 bits per heavy atom. The van der Waals surface area contributed by atoms with Crippen molar-refractivity contribution in [3.8, 4) is 16.9 Å². The molecule has 0 unspecified atom stereocenters. The normalized spacial score (nSPS) is 28.1. The average Bonchev–Trinajstić information content (AvgIpc) is 2.73. The fraction of sp³-hybridized carbons (Fsp3) is 0.500. The number of benzene rings is 2. The van der Waals surface area contributed by atoms with Crippen LogP contribution in [0.2, 0.25) is 5.02 Å². The summed E-state index contributed by atoms with van der Waals surface area (Å²) < 4.78 is 29.9. The highest BCUT2D eigenvalue weighted by molar-refractivity contribution is 7.92. The van der Waals surface area contributed by atoms with Crippen LogP contribution in [0.4, 0.5) is 0 Å². The van der Waals surface area contributed by atoms with E-state index in [1.54, 1.807) is 19.1 Å². The monoisotopic (exact) mass is 488 g/mol. The summed E-state index contributed by atoms with van der Waals surface area (Å²) in [5.41, 5.74) is 2.61. The number of esters is 1. The van der Waals surface area contributed by atoms with E-state index in [1.165, 1.54) is 31.4 Å². The van der Waals surface area contributed by atoms with Crippen molar-refractivity contribution in [3.05, 3.63) is 47.0 Å². The number of ether oxygens (including phenoxy) is 1. The minimum atomic E-state index is -3.85. The van der Waals surface area contributed by atoms with Crippen molar-refractivity contribution in [2.24, 2.45) is 17.8 Å². The number of rotatable bonds is 6. The molecule has 176 valence electrons. The summed E-state index contributed by atoms with van der Waals surface area (Å²) in [4.78, 5) is 11.7. The Kier molecular flexibility index (Phi) is 5.73. The molecule has 5 nitrogen and oxygen atoms in total. The SMILES string of the molecule is CCOC(=O)CS(=O)(=O)c1ccc(-c2ccc(O)c(C34CC5CC(CC(C5)C3)C4)c2)c(Cl)c1. The van der Waals surface area contributed by atoms with Crippen LogP contribution < -0.4 is 0 Å². The van der Waals surface area contributed by atoms with Crippen LogP contribution in [0.15, 0.2) is 41.3 Å². The van der Waals surface area contributed by atoms with Gasteiger partial charge in [0.05, 0.1) is 11.5 Å². The van der Waals surface area contributed by atoms with Crippen molar-refractivity contribution < 1.29 is 23.1 Å². The third-order valence-electron chi connectivity index (χ3n) is 7.83. The van der Waals surface area contributed by atoms with E-state index in [0.717, 1.165) is 48.1 Å². The molecule has 2 aromatic carbocycles. The summed E-state index contributed by atoms with van der Waals surface area (Å²) in [5.74, 6) is 1.11. The molecule has 0 saturated heterocycles. The predicted octanol–water partition coefficient (Wildman–Crippen LogP) is 5.52. The molecule has 2 aromatic rings. The van der Waals surface area contributed by atoms with Gasteiger partial charge in [-0.2, -0.15) is 0 Å². The van der Waals surface area contributed by atoms with Crippen molar-refractivity contribution in [3.63, 3.8) is 0 Å². The van der Waals surface area contributed by atoms with Gasteiger partial charge in [0.1, 0.15) is 5.75 Å². The summed E-state index contributed by atoms with van der Waals surface area (Å²) in [6.07, 6.45) is 7.38. The maximum atomic E-state index is 12.6. The Hall–Kier alpha value is -2.05. The van der Waals surface area contributed by atoms with E-state index >= 15 is 0 Å². The third-order valence-corrected chi connectivity index (χ3v) is 9.73. The highest BCUT2D eigenvalue weighted by atomic mass is 35.5. The molecule has 6 rings (SSSR count). The maximum absolute atomic E-state index is 12.6. The first-order chi connectivity index (χ1) is 15.7. The molecule has 0 radical (unpaired) electrons. The Labute approximate surface area is 200 Å². The predicted molar refractivity (Wildman–Crippen MR) is 127 cm³/mol. The van der Waals surface area contributed by atoms with Gasteiger partial charge in [-0.15, -0.1) is 0 Å². The fourth-order valence-electron chi connectivity index (χ4n) is 6.93. The Morgan fingerprint density at radius 2 is 1.70 bits per heavy atom. The molecule has 1 N–H and O–H groups in total. The Morgan fingerprint density at radius 1 is 1.06 bits per heavy atom. The second-order valence-electron chi connectivity index (χ2n) is 10.1. The minimum Gasteiger partial charge on any atom is -0.508 e. The third kappa shape index (κ3) is 4.17. The molecule has 33 heavy (non-hydrogen) atoms. The van der Waals surface area contributed by atoms with Crippen LogP contribution in [-0.2, 0) is 24.8 Å². The van der Waals surface area contributed by atoms with Crippen LogP contribution in [0.5, 0.6) is 5.75 Å². The lowest BCUT2D eigenvalue weighted by Crippen LogP contribution is -2.48. The summed E-state index contributed by atoms with van der Waals surface area (Å²) in [5, 5.41) is 11.1. The number of aromatic hydroxyl groups is 1. The number of phenols is 1. The van der Waals surface area contributed by atoms with Gasteiger partial charge in [0.2, 0.25) is 0 Å². The number of halogens is 1. The van der Waals surface area contributed by atoms with Gasteiger partial charge >= 0.3 is 5.97 Å². The van der Waals surface area contributed by atoms with Crippen LogP contribution in [0.3, 0.4) is 0 Å². The van der Waals surface area contributed by atoms with E-state index in [1.807, 2.05) is 6.07 Å². The molecule has 0 aliphatic heterocycles. The van der Waals surface area contributed by atoms with Crippen molar-refractivity contribution in [2.45, 2.75) is 55.8 Å². The molecule has 4 bridgehead atoms. The van der Waals surface area contributed by atoms with Gasteiger partial charge in [-0.05, 0) is 98.4 Å². The van der Waals surface area contributed by atoms with Crippen LogP contribution in [-0.4, -0.2) is 31.9 Å². The van der Waals surface area contributed by atoms with Crippen molar-refractivity contribution in [2.75, 3.05) is 12.4 Å². The zero-order valence-corrected chi connectivity index (χ0v) is 20.3. The van der Waals surface area contributed by atoms with E-state index in [2.05, 4.69) is 6.07 Å². The van der Waals surface area contributed by atoms with E-state index in [9.17, 15) is 18.3 Å². The molecule has 4 saturated carbocycles. The van der Waals surface area contributed by atoms with Gasteiger partial charge in [0.25, 0.3) is 0 Å². The minimum absolute atomic E-state index is 0.00982. The van der Waals surface area contributed by atoms with Gasteiger partial charge in [-0.25, -0.2) is 8.42 Å². The molecule has 0 spiro atoms. The number of sulfone groups is 1. The van der Waals surface area contributed by atoms with Gasteiger partial charge in [-0.1, -0.05) is 23.7 Å². The van der Waals surface area contributed by atoms with Gasteiger partial charge in [0.15, 0.2) is 15.6 Å². The van der Waals surface area contributed by atoms with Gasteiger partial charge < -0.3 is 9.84 Å². The van der Waals surface area contributed by atoms with Crippen LogP contribution in [0.25, 0.3) is 11.1 Å². The first kappa shape index (κ1) is 22.7. The van der Waals surface area contributed by atoms with Crippen LogP contribution in [0.1, 0.15) is 51.0 Å². The first-order valence-electron chi connectivity index (χ1n) is 11.7. The smallest absolute Gasteiger partial charge is 0.321 e. The van der Waals surface area contributed by atoms with Crippen LogP contribution >= 0.6 is 11.6 Å². The lowest BCUT2D eigenvalue weighted by atomic mass is 9.48. The fourth-order valence-corrected chi connectivity index (χ4v) is 8.42. The average molecular weight is 489 g/mol. The zero-order valence-electron chi connectivity index (χ0n) is 18.7. The highest BCUT2D eigenvalue weighted by Gasteiger charge is 2.52. The second-order valence-corrected chi connectivity index (χ2v) is 12.5. The summed E-state index contributed by atoms with van der Waals surface area (Å²) in [7, 11) is -3.85. The molecule has 0 heterocycles. The van der Waals surface area contributed by atoms with E-state index in [-0.39, 0.29) is 16.9 Å². The highest BCUT2D eigenvalue weighted by Crippen LogP contribution is 2.62.